The highest BCUT2D eigenvalue weighted by Gasteiger charge is 2.21. The fraction of sp³-hybridized carbons (Fsp3) is 0.176. The monoisotopic (exact) mass is 323 g/mol. The molecule has 24 heavy (non-hydrogen) atoms. The number of nitriles is 1. The highest BCUT2D eigenvalue weighted by atomic mass is 19.1. The summed E-state index contributed by atoms with van der Waals surface area (Å²) in [7, 11) is 0. The Kier molecular flexibility index (Phi) is 4.06. The van der Waals surface area contributed by atoms with Gasteiger partial charge in [-0.2, -0.15) is 5.26 Å². The first-order chi connectivity index (χ1) is 11.6. The van der Waals surface area contributed by atoms with E-state index >= 15 is 0 Å². The molecule has 3 aromatic rings. The van der Waals surface area contributed by atoms with Crippen LogP contribution < -0.4 is 11.3 Å². The Morgan fingerprint density at radius 3 is 2.83 bits per heavy atom. The maximum atomic E-state index is 14.2. The van der Waals surface area contributed by atoms with Gasteiger partial charge in [0, 0.05) is 6.20 Å². The van der Waals surface area contributed by atoms with Gasteiger partial charge in [0.25, 0.3) is 5.56 Å². The molecule has 120 valence electrons. The zero-order valence-corrected chi connectivity index (χ0v) is 12.9. The van der Waals surface area contributed by atoms with E-state index in [-0.39, 0.29) is 22.3 Å². The second kappa shape index (κ2) is 6.18. The topological polar surface area (TPSA) is 97.6 Å². The van der Waals surface area contributed by atoms with Crippen LogP contribution in [0.15, 0.2) is 41.5 Å². The Morgan fingerprint density at radius 1 is 1.42 bits per heavy atom. The third-order valence-corrected chi connectivity index (χ3v) is 3.80. The van der Waals surface area contributed by atoms with Crippen LogP contribution in [-0.4, -0.2) is 14.5 Å². The molecule has 3 rings (SSSR count). The van der Waals surface area contributed by atoms with Gasteiger partial charge in [-0.25, -0.2) is 9.37 Å². The number of rotatable bonds is 3. The van der Waals surface area contributed by atoms with Gasteiger partial charge in [0.15, 0.2) is 0 Å². The van der Waals surface area contributed by atoms with Gasteiger partial charge >= 0.3 is 0 Å². The molecule has 2 aromatic heterocycles. The molecule has 0 amide bonds. The fourth-order valence-corrected chi connectivity index (χ4v) is 2.53. The second-order valence-electron chi connectivity index (χ2n) is 5.27. The van der Waals surface area contributed by atoms with Crippen molar-refractivity contribution in [3.63, 3.8) is 0 Å². The maximum absolute atomic E-state index is 14.2. The van der Waals surface area contributed by atoms with Crippen LogP contribution in [0.4, 0.5) is 4.39 Å². The van der Waals surface area contributed by atoms with Crippen LogP contribution in [0, 0.1) is 17.1 Å². The number of nitrogens with two attached hydrogens (primary N) is 1. The SMILES string of the molecule is CCC(N)c1nc2c(F)ccc(C#N)c2c(=O)n1-c1cccnc1. The second-order valence-corrected chi connectivity index (χ2v) is 5.27. The smallest absolute Gasteiger partial charge is 0.267 e. The molecule has 0 spiro atoms. The van der Waals surface area contributed by atoms with Gasteiger partial charge in [-0.15, -0.1) is 0 Å². The van der Waals surface area contributed by atoms with Gasteiger partial charge < -0.3 is 5.73 Å². The molecule has 6 nitrogen and oxygen atoms in total. The summed E-state index contributed by atoms with van der Waals surface area (Å²) in [5.41, 5.74) is 5.93. The first kappa shape index (κ1) is 15.8. The number of halogens is 1. The van der Waals surface area contributed by atoms with Crippen molar-refractivity contribution in [3.8, 4) is 11.8 Å². The summed E-state index contributed by atoms with van der Waals surface area (Å²) in [6, 6.07) is 7.10. The molecule has 1 aromatic carbocycles. The number of pyridine rings is 1. The lowest BCUT2D eigenvalue weighted by Gasteiger charge is -2.17. The van der Waals surface area contributed by atoms with Crippen molar-refractivity contribution in [2.75, 3.05) is 0 Å². The predicted molar refractivity (Wildman–Crippen MR) is 87.0 cm³/mol. The Labute approximate surface area is 137 Å². The van der Waals surface area contributed by atoms with Crippen LogP contribution >= 0.6 is 0 Å². The Morgan fingerprint density at radius 2 is 2.21 bits per heavy atom. The Hall–Kier alpha value is -3.11. The van der Waals surface area contributed by atoms with Gasteiger partial charge in [-0.05, 0) is 30.7 Å². The highest BCUT2D eigenvalue weighted by molar-refractivity contribution is 5.84. The van der Waals surface area contributed by atoms with Crippen LogP contribution in [0.2, 0.25) is 0 Å². The number of hydrogen-bond donors (Lipinski definition) is 1. The first-order valence-corrected chi connectivity index (χ1v) is 7.39. The van der Waals surface area contributed by atoms with Crippen molar-refractivity contribution < 1.29 is 4.39 Å². The number of hydrogen-bond acceptors (Lipinski definition) is 5. The third-order valence-electron chi connectivity index (χ3n) is 3.80. The van der Waals surface area contributed by atoms with Crippen molar-refractivity contribution in [3.05, 3.63) is 64.2 Å². The highest BCUT2D eigenvalue weighted by Crippen LogP contribution is 2.22. The number of benzene rings is 1. The molecule has 0 saturated carbocycles. The van der Waals surface area contributed by atoms with Gasteiger partial charge in [0.2, 0.25) is 0 Å². The summed E-state index contributed by atoms with van der Waals surface area (Å²) < 4.78 is 15.5. The van der Waals surface area contributed by atoms with E-state index in [2.05, 4.69) is 9.97 Å². The largest absolute Gasteiger partial charge is 0.321 e. The molecule has 2 N–H and O–H groups in total. The molecule has 0 aliphatic heterocycles. The summed E-state index contributed by atoms with van der Waals surface area (Å²) in [6.45, 7) is 1.84. The molecule has 1 unspecified atom stereocenters. The number of aromatic nitrogens is 3. The van der Waals surface area contributed by atoms with E-state index in [0.29, 0.717) is 12.1 Å². The average molecular weight is 323 g/mol. The molecule has 0 saturated heterocycles. The third kappa shape index (κ3) is 2.43. The van der Waals surface area contributed by atoms with E-state index < -0.39 is 17.4 Å². The molecule has 0 bridgehead atoms. The molecular formula is C17H14FN5O. The van der Waals surface area contributed by atoms with E-state index in [9.17, 15) is 14.4 Å². The lowest BCUT2D eigenvalue weighted by Crippen LogP contribution is -2.29. The van der Waals surface area contributed by atoms with Gasteiger partial charge in [-0.1, -0.05) is 6.92 Å². The van der Waals surface area contributed by atoms with Crippen LogP contribution in [0.5, 0.6) is 0 Å². The minimum Gasteiger partial charge on any atom is -0.321 e. The molecule has 1 atom stereocenters. The Balaban J connectivity index is 2.52. The van der Waals surface area contributed by atoms with E-state index in [0.717, 1.165) is 6.07 Å². The lowest BCUT2D eigenvalue weighted by molar-refractivity contribution is 0.609. The van der Waals surface area contributed by atoms with E-state index in [1.54, 1.807) is 18.3 Å². The normalized spacial score (nSPS) is 12.1. The standard InChI is InChI=1S/C17H14FN5O/c1-2-13(20)16-22-15-12(18)6-5-10(8-19)14(15)17(24)23(16)11-4-3-7-21-9-11/h3-7,9,13H,2,20H2,1H3. The zero-order chi connectivity index (χ0) is 17.3. The predicted octanol–water partition coefficient (Wildman–Crippen LogP) is 2.20. The van der Waals surface area contributed by atoms with E-state index in [1.807, 2.05) is 13.0 Å². The molecule has 0 aliphatic rings. The average Bonchev–Trinajstić information content (AvgIpc) is 2.62. The fourth-order valence-electron chi connectivity index (χ4n) is 2.53. The van der Waals surface area contributed by atoms with Gasteiger partial charge in [0.05, 0.1) is 28.9 Å². The summed E-state index contributed by atoms with van der Waals surface area (Å²) in [5, 5.41) is 9.19. The van der Waals surface area contributed by atoms with Crippen LogP contribution in [0.3, 0.4) is 0 Å². The lowest BCUT2D eigenvalue weighted by atomic mass is 10.1. The maximum Gasteiger partial charge on any atom is 0.267 e. The van der Waals surface area contributed by atoms with Crippen molar-refractivity contribution in [1.82, 2.24) is 14.5 Å². The van der Waals surface area contributed by atoms with Gasteiger partial charge in [0.1, 0.15) is 23.2 Å². The zero-order valence-electron chi connectivity index (χ0n) is 12.9. The summed E-state index contributed by atoms with van der Waals surface area (Å²) >= 11 is 0. The molecule has 2 heterocycles. The number of nitrogens with zero attached hydrogens (tertiary/aromatic N) is 4. The van der Waals surface area contributed by atoms with Crippen LogP contribution in [-0.2, 0) is 0 Å². The molecule has 0 fully saturated rings. The molecule has 0 radical (unpaired) electrons. The van der Waals surface area contributed by atoms with Crippen LogP contribution in [0.25, 0.3) is 16.6 Å². The summed E-state index contributed by atoms with van der Waals surface area (Å²) in [6.07, 6.45) is 3.58. The van der Waals surface area contributed by atoms with Crippen molar-refractivity contribution in [1.29, 1.82) is 5.26 Å². The van der Waals surface area contributed by atoms with E-state index in [1.165, 1.54) is 16.8 Å². The summed E-state index contributed by atoms with van der Waals surface area (Å²) in [5.74, 6) is -0.430. The summed E-state index contributed by atoms with van der Waals surface area (Å²) in [4.78, 5) is 21.3. The molecular weight excluding hydrogens is 309 g/mol. The van der Waals surface area contributed by atoms with Crippen molar-refractivity contribution in [2.45, 2.75) is 19.4 Å². The minimum atomic E-state index is -0.663. The molecule has 7 heteroatoms. The van der Waals surface area contributed by atoms with Crippen molar-refractivity contribution >= 4 is 10.9 Å². The number of fused-ring (bicyclic) bond motifs is 1. The quantitative estimate of drug-likeness (QED) is 0.797. The van der Waals surface area contributed by atoms with E-state index in [4.69, 9.17) is 5.73 Å². The van der Waals surface area contributed by atoms with Gasteiger partial charge in [-0.3, -0.25) is 14.3 Å². The van der Waals surface area contributed by atoms with Crippen molar-refractivity contribution in [2.24, 2.45) is 5.73 Å². The first-order valence-electron chi connectivity index (χ1n) is 7.39. The minimum absolute atomic E-state index is 0.0617. The van der Waals surface area contributed by atoms with Crippen LogP contribution in [0.1, 0.15) is 30.8 Å². The Bertz CT molecular complexity index is 1010. The molecule has 0 aliphatic carbocycles.